The van der Waals surface area contributed by atoms with Gasteiger partial charge in [-0.3, -0.25) is 4.84 Å². The summed E-state index contributed by atoms with van der Waals surface area (Å²) >= 11 is 0. The number of nitrogens with zero attached hydrogens (tertiary/aromatic N) is 1. The fraction of sp³-hybridized carbons (Fsp3) is 0.333. The van der Waals surface area contributed by atoms with Crippen LogP contribution in [0, 0.1) is 5.82 Å². The number of anilines is 1. The monoisotopic (exact) mass is 246 g/mol. The van der Waals surface area contributed by atoms with Crippen LogP contribution in [0.3, 0.4) is 0 Å². The predicted octanol–water partition coefficient (Wildman–Crippen LogP) is 0.734. The number of nitrogens with two attached hydrogens (primary N) is 1. The SMILES string of the molecule is Nc1c(F)cccc1S(=O)(=O)N1CCCO1. The van der Waals surface area contributed by atoms with Gasteiger partial charge in [0.25, 0.3) is 10.0 Å². The van der Waals surface area contributed by atoms with E-state index in [2.05, 4.69) is 0 Å². The molecular weight excluding hydrogens is 235 g/mol. The number of para-hydroxylation sites is 1. The Kier molecular flexibility index (Phi) is 2.83. The van der Waals surface area contributed by atoms with Crippen LogP contribution in [0.4, 0.5) is 10.1 Å². The third kappa shape index (κ3) is 1.77. The van der Waals surface area contributed by atoms with Gasteiger partial charge in [-0.15, -0.1) is 0 Å². The largest absolute Gasteiger partial charge is 0.395 e. The molecule has 88 valence electrons. The molecule has 0 spiro atoms. The van der Waals surface area contributed by atoms with E-state index in [4.69, 9.17) is 10.6 Å². The minimum atomic E-state index is -3.85. The summed E-state index contributed by atoms with van der Waals surface area (Å²) in [6.45, 7) is 0.604. The van der Waals surface area contributed by atoms with E-state index >= 15 is 0 Å². The number of hydroxylamine groups is 1. The molecule has 2 N–H and O–H groups in total. The Labute approximate surface area is 92.6 Å². The Morgan fingerprint density at radius 3 is 2.81 bits per heavy atom. The van der Waals surface area contributed by atoms with Crippen molar-refractivity contribution in [2.45, 2.75) is 11.3 Å². The second-order valence-corrected chi connectivity index (χ2v) is 5.17. The lowest BCUT2D eigenvalue weighted by molar-refractivity contribution is -0.0284. The van der Waals surface area contributed by atoms with Gasteiger partial charge in [-0.05, 0) is 18.6 Å². The van der Waals surface area contributed by atoms with Gasteiger partial charge in [0, 0.05) is 6.54 Å². The summed E-state index contributed by atoms with van der Waals surface area (Å²) in [5.41, 5.74) is 5.02. The number of rotatable bonds is 2. The van der Waals surface area contributed by atoms with Crippen LogP contribution in [0.2, 0.25) is 0 Å². The molecule has 0 atom stereocenters. The van der Waals surface area contributed by atoms with Gasteiger partial charge in [-0.1, -0.05) is 10.5 Å². The van der Waals surface area contributed by atoms with Gasteiger partial charge in [0.1, 0.15) is 10.7 Å². The van der Waals surface area contributed by atoms with E-state index in [1.54, 1.807) is 0 Å². The van der Waals surface area contributed by atoms with Crippen molar-refractivity contribution in [1.29, 1.82) is 0 Å². The molecule has 5 nitrogen and oxygen atoms in total. The number of nitrogen functional groups attached to an aromatic ring is 1. The molecule has 1 aromatic rings. The van der Waals surface area contributed by atoms with Crippen molar-refractivity contribution in [2.75, 3.05) is 18.9 Å². The summed E-state index contributed by atoms with van der Waals surface area (Å²) in [5.74, 6) is -0.750. The minimum Gasteiger partial charge on any atom is -0.395 e. The maximum absolute atomic E-state index is 13.1. The normalized spacial score (nSPS) is 17.8. The third-order valence-electron chi connectivity index (χ3n) is 2.28. The van der Waals surface area contributed by atoms with Gasteiger partial charge in [0.05, 0.1) is 12.3 Å². The van der Waals surface area contributed by atoms with Gasteiger partial charge in [-0.2, -0.15) is 0 Å². The van der Waals surface area contributed by atoms with E-state index in [1.165, 1.54) is 12.1 Å². The highest BCUT2D eigenvalue weighted by Crippen LogP contribution is 2.26. The Bertz CT molecular complexity index is 497. The lowest BCUT2D eigenvalue weighted by atomic mass is 10.3. The zero-order valence-corrected chi connectivity index (χ0v) is 9.21. The van der Waals surface area contributed by atoms with E-state index < -0.39 is 15.8 Å². The molecule has 2 rings (SSSR count). The smallest absolute Gasteiger partial charge is 0.267 e. The Morgan fingerprint density at radius 1 is 1.44 bits per heavy atom. The third-order valence-corrected chi connectivity index (χ3v) is 4.02. The number of halogens is 1. The fourth-order valence-corrected chi connectivity index (χ4v) is 2.89. The number of benzene rings is 1. The van der Waals surface area contributed by atoms with Crippen molar-refractivity contribution in [2.24, 2.45) is 0 Å². The molecule has 0 aromatic heterocycles. The van der Waals surface area contributed by atoms with Crippen LogP contribution in [0.15, 0.2) is 23.1 Å². The maximum atomic E-state index is 13.1. The highest BCUT2D eigenvalue weighted by Gasteiger charge is 2.30. The van der Waals surface area contributed by atoms with Crippen LogP contribution in [0.1, 0.15) is 6.42 Å². The molecule has 7 heteroatoms. The number of sulfonamides is 1. The van der Waals surface area contributed by atoms with Crippen molar-refractivity contribution in [3.05, 3.63) is 24.0 Å². The molecule has 16 heavy (non-hydrogen) atoms. The molecule has 0 unspecified atom stereocenters. The summed E-state index contributed by atoms with van der Waals surface area (Å²) in [6.07, 6.45) is 0.619. The first-order valence-electron chi connectivity index (χ1n) is 4.73. The molecule has 1 heterocycles. The summed E-state index contributed by atoms with van der Waals surface area (Å²) in [7, 11) is -3.85. The topological polar surface area (TPSA) is 72.6 Å². The lowest BCUT2D eigenvalue weighted by Crippen LogP contribution is -2.27. The zero-order chi connectivity index (χ0) is 11.8. The molecule has 0 amide bonds. The summed E-state index contributed by atoms with van der Waals surface area (Å²) in [5, 5.41) is 0. The van der Waals surface area contributed by atoms with E-state index in [9.17, 15) is 12.8 Å². The van der Waals surface area contributed by atoms with Crippen molar-refractivity contribution in [3.63, 3.8) is 0 Å². The van der Waals surface area contributed by atoms with Gasteiger partial charge in [-0.25, -0.2) is 12.8 Å². The highest BCUT2D eigenvalue weighted by molar-refractivity contribution is 7.89. The van der Waals surface area contributed by atoms with Crippen LogP contribution >= 0.6 is 0 Å². The second kappa shape index (κ2) is 4.00. The molecule has 1 aromatic carbocycles. The fourth-order valence-electron chi connectivity index (χ4n) is 1.47. The number of hydrogen-bond donors (Lipinski definition) is 1. The molecule has 1 aliphatic rings. The van der Waals surface area contributed by atoms with Crippen LogP contribution in [-0.2, 0) is 14.9 Å². The van der Waals surface area contributed by atoms with Crippen molar-refractivity contribution in [1.82, 2.24) is 4.47 Å². The second-order valence-electron chi connectivity index (χ2n) is 3.37. The predicted molar refractivity (Wildman–Crippen MR) is 55.3 cm³/mol. The molecule has 1 aliphatic heterocycles. The lowest BCUT2D eigenvalue weighted by Gasteiger charge is -2.15. The molecule has 1 fully saturated rings. The van der Waals surface area contributed by atoms with E-state index in [1.807, 2.05) is 0 Å². The van der Waals surface area contributed by atoms with Crippen LogP contribution in [0.5, 0.6) is 0 Å². The molecule has 0 radical (unpaired) electrons. The van der Waals surface area contributed by atoms with Crippen LogP contribution < -0.4 is 5.73 Å². The first-order valence-corrected chi connectivity index (χ1v) is 6.17. The highest BCUT2D eigenvalue weighted by atomic mass is 32.2. The summed E-state index contributed by atoms with van der Waals surface area (Å²) < 4.78 is 37.9. The van der Waals surface area contributed by atoms with E-state index in [0.29, 0.717) is 13.0 Å². The Hall–Kier alpha value is -1.18. The van der Waals surface area contributed by atoms with E-state index in [-0.39, 0.29) is 17.1 Å². The molecule has 1 saturated heterocycles. The molecule has 0 saturated carbocycles. The van der Waals surface area contributed by atoms with E-state index in [0.717, 1.165) is 10.5 Å². The maximum Gasteiger partial charge on any atom is 0.267 e. The van der Waals surface area contributed by atoms with Gasteiger partial charge in [0.15, 0.2) is 0 Å². The minimum absolute atomic E-state index is 0.255. The van der Waals surface area contributed by atoms with Crippen molar-refractivity contribution in [3.8, 4) is 0 Å². The van der Waals surface area contributed by atoms with Gasteiger partial charge >= 0.3 is 0 Å². The van der Waals surface area contributed by atoms with Crippen LogP contribution in [0.25, 0.3) is 0 Å². The van der Waals surface area contributed by atoms with Crippen LogP contribution in [-0.4, -0.2) is 26.0 Å². The first kappa shape index (κ1) is 11.3. The quantitative estimate of drug-likeness (QED) is 0.781. The van der Waals surface area contributed by atoms with Crippen molar-refractivity contribution < 1.29 is 17.6 Å². The standard InChI is InChI=1S/C9H11FN2O3S/c10-7-3-1-4-8(9(7)11)16(13,14)12-5-2-6-15-12/h1,3-4H,2,5-6,11H2. The average molecular weight is 246 g/mol. The Morgan fingerprint density at radius 2 is 2.19 bits per heavy atom. The first-order chi connectivity index (χ1) is 7.53. The van der Waals surface area contributed by atoms with Crippen molar-refractivity contribution >= 4 is 15.7 Å². The molecule has 0 bridgehead atoms. The molecule has 0 aliphatic carbocycles. The zero-order valence-electron chi connectivity index (χ0n) is 8.39. The Balaban J connectivity index is 2.47. The average Bonchev–Trinajstić information content (AvgIpc) is 2.75. The van der Waals surface area contributed by atoms with Gasteiger partial charge in [0.2, 0.25) is 0 Å². The molecular formula is C9H11FN2O3S. The number of hydrogen-bond acceptors (Lipinski definition) is 4. The van der Waals surface area contributed by atoms with Gasteiger partial charge < -0.3 is 5.73 Å². The summed E-state index contributed by atoms with van der Waals surface area (Å²) in [4.78, 5) is 4.68. The summed E-state index contributed by atoms with van der Waals surface area (Å²) in [6, 6.07) is 3.67.